The Morgan fingerprint density at radius 1 is 1.24 bits per heavy atom. The summed E-state index contributed by atoms with van der Waals surface area (Å²) in [5, 5.41) is 3.17. The number of imidazole rings is 1. The number of rotatable bonds is 9. The topological polar surface area (TPSA) is 127 Å². The smallest absolute Gasteiger partial charge is 0.303 e. The van der Waals surface area contributed by atoms with E-state index in [2.05, 4.69) is 40.0 Å². The highest BCUT2D eigenvalue weighted by Gasteiger charge is 2.49. The lowest BCUT2D eigenvalue weighted by Gasteiger charge is -2.23. The van der Waals surface area contributed by atoms with Crippen molar-refractivity contribution in [2.24, 2.45) is 5.92 Å². The maximum atomic E-state index is 11.9. The molecule has 1 aliphatic heterocycles. The summed E-state index contributed by atoms with van der Waals surface area (Å²) in [5.74, 6) is 2.28. The molecule has 1 fully saturated rings. The molecule has 1 saturated heterocycles. The predicted molar refractivity (Wildman–Crippen MR) is 118 cm³/mol. The number of carbonyl (C=O) groups excluding carboxylic acids is 2. The summed E-state index contributed by atoms with van der Waals surface area (Å²) in [4.78, 5) is 37.0. The third kappa shape index (κ3) is 5.51. The fourth-order valence-electron chi connectivity index (χ4n) is 3.57. The molecular formula is C22H29N5O6. The van der Waals surface area contributed by atoms with Crippen molar-refractivity contribution in [1.29, 1.82) is 0 Å². The highest BCUT2D eigenvalue weighted by molar-refractivity contribution is 5.78. The lowest BCUT2D eigenvalue weighted by molar-refractivity contribution is -0.165. The molecule has 3 heterocycles. The summed E-state index contributed by atoms with van der Waals surface area (Å²) in [7, 11) is 0. The Morgan fingerprint density at radius 2 is 1.94 bits per heavy atom. The van der Waals surface area contributed by atoms with E-state index in [1.54, 1.807) is 4.57 Å². The van der Waals surface area contributed by atoms with Crippen LogP contribution in [0.1, 0.15) is 47.3 Å². The zero-order chi connectivity index (χ0) is 24.1. The maximum absolute atomic E-state index is 11.9. The average molecular weight is 460 g/mol. The van der Waals surface area contributed by atoms with Gasteiger partial charge in [0.25, 0.3) is 0 Å². The van der Waals surface area contributed by atoms with Crippen LogP contribution in [-0.4, -0.2) is 62.9 Å². The van der Waals surface area contributed by atoms with Crippen molar-refractivity contribution in [3.8, 4) is 18.2 Å². The Morgan fingerprint density at radius 3 is 2.55 bits per heavy atom. The van der Waals surface area contributed by atoms with Gasteiger partial charge in [-0.1, -0.05) is 26.7 Å². The summed E-state index contributed by atoms with van der Waals surface area (Å²) in [6, 6.07) is 0. The van der Waals surface area contributed by atoms with Crippen LogP contribution in [0.2, 0.25) is 0 Å². The molecule has 0 aromatic carbocycles. The molecule has 0 bridgehead atoms. The number of aromatic nitrogens is 4. The number of nitrogens with one attached hydrogen (secondary N) is 1. The molecule has 2 aromatic rings. The summed E-state index contributed by atoms with van der Waals surface area (Å²) in [6.07, 6.45) is 4.38. The first-order valence-electron chi connectivity index (χ1n) is 10.8. The Bertz CT molecular complexity index is 1050. The molecule has 1 N–H and O–H groups in total. The van der Waals surface area contributed by atoms with Crippen LogP contribution in [0.25, 0.3) is 11.2 Å². The van der Waals surface area contributed by atoms with Gasteiger partial charge in [0.15, 0.2) is 36.2 Å². The third-order valence-electron chi connectivity index (χ3n) is 4.92. The van der Waals surface area contributed by atoms with E-state index in [0.717, 1.165) is 0 Å². The molecule has 4 atom stereocenters. The van der Waals surface area contributed by atoms with Crippen molar-refractivity contribution in [3.05, 3.63) is 6.33 Å². The predicted octanol–water partition coefficient (Wildman–Crippen LogP) is 2.08. The summed E-state index contributed by atoms with van der Waals surface area (Å²) in [6.45, 7) is 9.23. The third-order valence-corrected chi connectivity index (χ3v) is 4.92. The number of fused-ring (bicyclic) bond motifs is 1. The van der Waals surface area contributed by atoms with Gasteiger partial charge < -0.3 is 24.3 Å². The molecule has 1 aliphatic rings. The normalized spacial score (nSPS) is 22.2. The van der Waals surface area contributed by atoms with E-state index in [1.165, 1.54) is 20.2 Å². The second kappa shape index (κ2) is 10.5. The van der Waals surface area contributed by atoms with E-state index < -0.39 is 36.5 Å². The summed E-state index contributed by atoms with van der Waals surface area (Å²) >= 11 is 0. The first-order chi connectivity index (χ1) is 15.7. The summed E-state index contributed by atoms with van der Waals surface area (Å²) < 4.78 is 24.4. The number of hydrogen-bond acceptors (Lipinski definition) is 10. The van der Waals surface area contributed by atoms with E-state index in [0.29, 0.717) is 36.0 Å². The Balaban J connectivity index is 2.07. The van der Waals surface area contributed by atoms with E-state index in [9.17, 15) is 9.59 Å². The van der Waals surface area contributed by atoms with Crippen molar-refractivity contribution in [2.45, 2.75) is 65.6 Å². The monoisotopic (exact) mass is 459 g/mol. The second-order valence-electron chi connectivity index (χ2n) is 8.07. The molecule has 11 nitrogen and oxygen atoms in total. The first kappa shape index (κ1) is 24.3. The second-order valence-corrected chi connectivity index (χ2v) is 8.07. The number of nitrogens with zero attached hydrogens (tertiary/aromatic N) is 4. The number of carbonyl (C=O) groups is 2. The van der Waals surface area contributed by atoms with Crippen LogP contribution in [0.15, 0.2) is 6.33 Å². The van der Waals surface area contributed by atoms with Crippen molar-refractivity contribution >= 4 is 29.1 Å². The van der Waals surface area contributed by atoms with Crippen molar-refractivity contribution in [2.75, 3.05) is 18.5 Å². The van der Waals surface area contributed by atoms with Crippen LogP contribution < -0.4 is 10.1 Å². The van der Waals surface area contributed by atoms with Gasteiger partial charge in [-0.05, 0) is 12.3 Å². The van der Waals surface area contributed by atoms with Gasteiger partial charge in [-0.2, -0.15) is 9.97 Å². The lowest BCUT2D eigenvalue weighted by atomic mass is 10.1. The molecular weight excluding hydrogens is 430 g/mol. The van der Waals surface area contributed by atoms with Crippen LogP contribution in [0.5, 0.6) is 5.88 Å². The largest absolute Gasteiger partial charge is 0.463 e. The van der Waals surface area contributed by atoms with Gasteiger partial charge in [0.05, 0.1) is 6.33 Å². The van der Waals surface area contributed by atoms with Gasteiger partial charge in [-0.25, -0.2) is 4.98 Å². The fourth-order valence-corrected chi connectivity index (χ4v) is 3.57. The highest BCUT2D eigenvalue weighted by atomic mass is 16.6. The minimum Gasteiger partial charge on any atom is -0.463 e. The van der Waals surface area contributed by atoms with Gasteiger partial charge in [0.2, 0.25) is 11.8 Å². The van der Waals surface area contributed by atoms with E-state index in [4.69, 9.17) is 25.4 Å². The van der Waals surface area contributed by atoms with Crippen molar-refractivity contribution in [3.63, 3.8) is 0 Å². The minimum absolute atomic E-state index is 0.00499. The van der Waals surface area contributed by atoms with Gasteiger partial charge in [-0.15, -0.1) is 6.42 Å². The number of anilines is 1. The van der Waals surface area contributed by atoms with Gasteiger partial charge in [-0.3, -0.25) is 14.2 Å². The molecule has 0 spiro atoms. The molecule has 1 unspecified atom stereocenters. The molecule has 0 amide bonds. The van der Waals surface area contributed by atoms with Crippen LogP contribution in [-0.2, 0) is 23.8 Å². The molecule has 0 aliphatic carbocycles. The van der Waals surface area contributed by atoms with Crippen molar-refractivity contribution < 1.29 is 28.5 Å². The number of hydrogen-bond donors (Lipinski definition) is 1. The number of terminal acetylenes is 1. The van der Waals surface area contributed by atoms with Crippen molar-refractivity contribution in [1.82, 2.24) is 19.5 Å². The first-order valence-corrected chi connectivity index (χ1v) is 10.8. The highest BCUT2D eigenvalue weighted by Crippen LogP contribution is 2.37. The van der Waals surface area contributed by atoms with Gasteiger partial charge in [0, 0.05) is 20.4 Å². The molecule has 2 aromatic heterocycles. The zero-order valence-electron chi connectivity index (χ0n) is 19.4. The van der Waals surface area contributed by atoms with E-state index >= 15 is 0 Å². The number of ether oxygens (including phenoxy) is 4. The minimum atomic E-state index is -0.897. The molecule has 0 saturated carbocycles. The average Bonchev–Trinajstić information content (AvgIpc) is 3.31. The zero-order valence-corrected chi connectivity index (χ0v) is 19.4. The van der Waals surface area contributed by atoms with Crippen LogP contribution >= 0.6 is 0 Å². The summed E-state index contributed by atoms with van der Waals surface area (Å²) in [5.41, 5.74) is 0.762. The van der Waals surface area contributed by atoms with E-state index in [1.807, 2.05) is 6.92 Å². The Kier molecular flexibility index (Phi) is 7.71. The standard InChI is InChI=1S/C22H29N5O6/c1-7-9-30-20-16-19(25-22(26-20)23-10-12(3)4)27(11-24-16)21-18(32-14(6)29)17(31-13(5)28)15(8-2)33-21/h1,11-12,15,17-18,21H,8-10H2,2-6H3,(H,23,25,26)/t15-,17+,18?,21-/m1/s1. The quantitative estimate of drug-likeness (QED) is 0.440. The molecule has 11 heteroatoms. The molecule has 0 radical (unpaired) electrons. The SMILES string of the molecule is C#CCOc1nc(NCC(C)C)nc2c1ncn2[C@@H]1O[C@H](CC)[C@H](OC(C)=O)C1OC(C)=O. The molecule has 3 rings (SSSR count). The number of esters is 2. The lowest BCUT2D eigenvalue weighted by Crippen LogP contribution is -2.38. The Hall–Kier alpha value is -3.39. The molecule has 178 valence electrons. The Labute approximate surface area is 192 Å². The van der Waals surface area contributed by atoms with Crippen LogP contribution in [0.4, 0.5) is 5.95 Å². The van der Waals surface area contributed by atoms with Crippen LogP contribution in [0, 0.1) is 18.3 Å². The van der Waals surface area contributed by atoms with Crippen LogP contribution in [0.3, 0.4) is 0 Å². The van der Waals surface area contributed by atoms with Gasteiger partial charge in [0.1, 0.15) is 6.10 Å². The van der Waals surface area contributed by atoms with E-state index in [-0.39, 0.29) is 12.5 Å². The maximum Gasteiger partial charge on any atom is 0.303 e. The fraction of sp³-hybridized carbons (Fsp3) is 0.591. The van der Waals surface area contributed by atoms with Gasteiger partial charge >= 0.3 is 11.9 Å². The molecule has 33 heavy (non-hydrogen) atoms.